The Labute approximate surface area is 105 Å². The fourth-order valence-electron chi connectivity index (χ4n) is 2.21. The summed E-state index contributed by atoms with van der Waals surface area (Å²) in [5.41, 5.74) is 0. The molecule has 0 bridgehead atoms. The largest absolute Gasteiger partial charge is 0.391 e. The fraction of sp³-hybridized carbons (Fsp3) is 1.00. The molecular formula is C13H27NO3. The van der Waals surface area contributed by atoms with Crippen LogP contribution in [0.15, 0.2) is 0 Å². The molecule has 0 radical (unpaired) electrons. The van der Waals surface area contributed by atoms with Gasteiger partial charge in [0.25, 0.3) is 0 Å². The van der Waals surface area contributed by atoms with Crippen LogP contribution < -0.4 is 5.32 Å². The fourth-order valence-corrected chi connectivity index (χ4v) is 2.21. The molecule has 3 atom stereocenters. The molecule has 102 valence electrons. The second kappa shape index (κ2) is 8.03. The first kappa shape index (κ1) is 14.9. The van der Waals surface area contributed by atoms with Crippen LogP contribution in [-0.2, 0) is 9.47 Å². The Hall–Kier alpha value is -0.160. The van der Waals surface area contributed by atoms with Crippen molar-refractivity contribution < 1.29 is 14.6 Å². The van der Waals surface area contributed by atoms with Crippen molar-refractivity contribution in [2.45, 2.75) is 51.4 Å². The van der Waals surface area contributed by atoms with Gasteiger partial charge in [0.2, 0.25) is 0 Å². The maximum absolute atomic E-state index is 9.53. The van der Waals surface area contributed by atoms with E-state index in [0.29, 0.717) is 24.7 Å². The number of methoxy groups -OCH3 is 1. The molecular weight excluding hydrogens is 218 g/mol. The van der Waals surface area contributed by atoms with Crippen LogP contribution in [0.4, 0.5) is 0 Å². The molecule has 4 nitrogen and oxygen atoms in total. The summed E-state index contributed by atoms with van der Waals surface area (Å²) in [6, 6.07) is 0.533. The number of rotatable bonds is 7. The summed E-state index contributed by atoms with van der Waals surface area (Å²) in [7, 11) is 1.61. The van der Waals surface area contributed by atoms with Crippen molar-refractivity contribution in [3.63, 3.8) is 0 Å². The van der Waals surface area contributed by atoms with Gasteiger partial charge in [-0.1, -0.05) is 13.8 Å². The van der Waals surface area contributed by atoms with Gasteiger partial charge < -0.3 is 19.9 Å². The lowest BCUT2D eigenvalue weighted by Gasteiger charge is -2.32. The predicted molar refractivity (Wildman–Crippen MR) is 68.1 cm³/mol. The van der Waals surface area contributed by atoms with Crippen LogP contribution in [-0.4, -0.2) is 50.2 Å². The number of hydrogen-bond acceptors (Lipinski definition) is 4. The van der Waals surface area contributed by atoms with Gasteiger partial charge in [-0.25, -0.2) is 0 Å². The van der Waals surface area contributed by atoms with Crippen molar-refractivity contribution in [1.82, 2.24) is 5.32 Å². The van der Waals surface area contributed by atoms with Gasteiger partial charge >= 0.3 is 0 Å². The van der Waals surface area contributed by atoms with Gasteiger partial charge in [-0.2, -0.15) is 0 Å². The molecule has 0 aromatic heterocycles. The Morgan fingerprint density at radius 1 is 1.47 bits per heavy atom. The monoisotopic (exact) mass is 245 g/mol. The van der Waals surface area contributed by atoms with Crippen molar-refractivity contribution in [2.75, 3.05) is 26.9 Å². The average Bonchev–Trinajstić information content (AvgIpc) is 2.30. The molecule has 0 aromatic carbocycles. The third-order valence-electron chi connectivity index (χ3n) is 3.33. The Morgan fingerprint density at radius 3 is 2.88 bits per heavy atom. The lowest BCUT2D eigenvalue weighted by Crippen LogP contribution is -2.41. The molecule has 1 rings (SSSR count). The number of ether oxygens (including phenoxy) is 2. The molecule has 1 heterocycles. The van der Waals surface area contributed by atoms with Crippen molar-refractivity contribution in [3.05, 3.63) is 0 Å². The standard InChI is InChI=1S/C13H27NO3/c1-10(2)13-8-11(5-7-17-13)14-6-4-12(15)9-16-3/h10-15H,4-9H2,1-3H3. The second-order valence-electron chi connectivity index (χ2n) is 5.23. The first-order valence-corrected chi connectivity index (χ1v) is 6.65. The maximum atomic E-state index is 9.53. The van der Waals surface area contributed by atoms with Crippen molar-refractivity contribution in [2.24, 2.45) is 5.92 Å². The van der Waals surface area contributed by atoms with Crippen molar-refractivity contribution in [3.8, 4) is 0 Å². The zero-order valence-electron chi connectivity index (χ0n) is 11.3. The minimum Gasteiger partial charge on any atom is -0.391 e. The minimum atomic E-state index is -0.353. The number of hydrogen-bond donors (Lipinski definition) is 2. The summed E-state index contributed by atoms with van der Waals surface area (Å²) >= 11 is 0. The Bertz CT molecular complexity index is 199. The average molecular weight is 245 g/mol. The van der Waals surface area contributed by atoms with Gasteiger partial charge in [0.05, 0.1) is 18.8 Å². The molecule has 4 heteroatoms. The predicted octanol–water partition coefficient (Wildman–Crippen LogP) is 1.18. The molecule has 0 amide bonds. The lowest BCUT2D eigenvalue weighted by molar-refractivity contribution is -0.0249. The Kier molecular flexibility index (Phi) is 7.04. The zero-order valence-corrected chi connectivity index (χ0v) is 11.3. The van der Waals surface area contributed by atoms with Crippen LogP contribution in [0.5, 0.6) is 0 Å². The maximum Gasteiger partial charge on any atom is 0.0785 e. The first-order chi connectivity index (χ1) is 8.13. The van der Waals surface area contributed by atoms with Crippen molar-refractivity contribution in [1.29, 1.82) is 0 Å². The highest BCUT2D eigenvalue weighted by Gasteiger charge is 2.24. The summed E-state index contributed by atoms with van der Waals surface area (Å²) in [6.45, 7) is 6.52. The molecule has 0 spiro atoms. The zero-order chi connectivity index (χ0) is 12.7. The van der Waals surface area contributed by atoms with Gasteiger partial charge in [0.1, 0.15) is 0 Å². The first-order valence-electron chi connectivity index (χ1n) is 6.65. The van der Waals surface area contributed by atoms with E-state index < -0.39 is 0 Å². The normalized spacial score (nSPS) is 27.4. The van der Waals surface area contributed by atoms with E-state index in [1.165, 1.54) is 0 Å². The smallest absolute Gasteiger partial charge is 0.0785 e. The summed E-state index contributed by atoms with van der Waals surface area (Å²) in [4.78, 5) is 0. The van der Waals surface area contributed by atoms with Gasteiger partial charge in [-0.05, 0) is 31.7 Å². The highest BCUT2D eigenvalue weighted by Crippen LogP contribution is 2.20. The van der Waals surface area contributed by atoms with Crippen molar-refractivity contribution >= 4 is 0 Å². The summed E-state index contributed by atoms with van der Waals surface area (Å²) in [6.07, 6.45) is 2.93. The van der Waals surface area contributed by atoms with E-state index >= 15 is 0 Å². The molecule has 1 saturated heterocycles. The number of aliphatic hydroxyl groups is 1. The molecule has 0 aliphatic carbocycles. The summed E-state index contributed by atoms with van der Waals surface area (Å²) in [5, 5.41) is 13.0. The van der Waals surface area contributed by atoms with E-state index in [0.717, 1.165) is 32.4 Å². The topological polar surface area (TPSA) is 50.7 Å². The third-order valence-corrected chi connectivity index (χ3v) is 3.33. The minimum absolute atomic E-state index is 0.353. The highest BCUT2D eigenvalue weighted by atomic mass is 16.5. The van der Waals surface area contributed by atoms with E-state index in [4.69, 9.17) is 9.47 Å². The van der Waals surface area contributed by atoms with Gasteiger partial charge in [-0.15, -0.1) is 0 Å². The molecule has 1 aliphatic rings. The van der Waals surface area contributed by atoms with Crippen LogP contribution in [0.25, 0.3) is 0 Å². The van der Waals surface area contributed by atoms with E-state index in [1.54, 1.807) is 7.11 Å². The quantitative estimate of drug-likeness (QED) is 0.707. The highest BCUT2D eigenvalue weighted by molar-refractivity contribution is 4.78. The Morgan fingerprint density at radius 2 is 2.24 bits per heavy atom. The Balaban J connectivity index is 2.14. The summed E-state index contributed by atoms with van der Waals surface area (Å²) in [5.74, 6) is 0.582. The number of aliphatic hydroxyl groups excluding tert-OH is 1. The van der Waals surface area contributed by atoms with E-state index in [-0.39, 0.29) is 6.10 Å². The van der Waals surface area contributed by atoms with E-state index in [1.807, 2.05) is 0 Å². The molecule has 1 aliphatic heterocycles. The van der Waals surface area contributed by atoms with Crippen LogP contribution in [0, 0.1) is 5.92 Å². The van der Waals surface area contributed by atoms with Gasteiger partial charge in [0.15, 0.2) is 0 Å². The van der Waals surface area contributed by atoms with E-state index in [9.17, 15) is 5.11 Å². The molecule has 0 aromatic rings. The van der Waals surface area contributed by atoms with Gasteiger partial charge in [-0.3, -0.25) is 0 Å². The second-order valence-corrected chi connectivity index (χ2v) is 5.23. The lowest BCUT2D eigenvalue weighted by atomic mass is 9.95. The van der Waals surface area contributed by atoms with Crippen LogP contribution in [0.1, 0.15) is 33.1 Å². The molecule has 17 heavy (non-hydrogen) atoms. The van der Waals surface area contributed by atoms with Crippen LogP contribution >= 0.6 is 0 Å². The SMILES string of the molecule is COCC(O)CCNC1CCOC(C(C)C)C1. The van der Waals surface area contributed by atoms with E-state index in [2.05, 4.69) is 19.2 Å². The molecule has 1 fully saturated rings. The number of nitrogens with one attached hydrogen (secondary N) is 1. The molecule has 3 unspecified atom stereocenters. The molecule has 2 N–H and O–H groups in total. The molecule has 0 saturated carbocycles. The van der Waals surface area contributed by atoms with Crippen LogP contribution in [0.3, 0.4) is 0 Å². The summed E-state index contributed by atoms with van der Waals surface area (Å²) < 4.78 is 10.6. The van der Waals surface area contributed by atoms with Gasteiger partial charge in [0, 0.05) is 19.8 Å². The van der Waals surface area contributed by atoms with Crippen LogP contribution in [0.2, 0.25) is 0 Å². The third kappa shape index (κ3) is 5.82.